The highest BCUT2D eigenvalue weighted by Crippen LogP contribution is 2.27. The first-order chi connectivity index (χ1) is 12.8. The Morgan fingerprint density at radius 2 is 1.74 bits per heavy atom. The minimum Gasteiger partial charge on any atom is -0.352 e. The smallest absolute Gasteiger partial charge is 0.243 e. The number of sulfonamides is 1. The molecular weight excluding hydrogens is 409 g/mol. The monoisotopic (exact) mass is 433 g/mol. The molecule has 0 spiro atoms. The van der Waals surface area contributed by atoms with Crippen molar-refractivity contribution in [1.82, 2.24) is 14.5 Å². The minimum atomic E-state index is -3.63. The fraction of sp³-hybridized carbons (Fsp3) is 0.611. The average molecular weight is 434 g/mol. The molecule has 0 radical (unpaired) electrons. The van der Waals surface area contributed by atoms with E-state index in [2.05, 4.69) is 5.32 Å². The molecule has 2 aliphatic rings. The van der Waals surface area contributed by atoms with Crippen LogP contribution in [0.2, 0.25) is 10.0 Å². The molecule has 0 aromatic heterocycles. The van der Waals surface area contributed by atoms with E-state index < -0.39 is 10.0 Å². The SMILES string of the molecule is CC(C(=O)NC1CCCC1)N1CCN(S(=O)(=O)c2ccc(Cl)c(Cl)c2)CC1. The predicted molar refractivity (Wildman–Crippen MR) is 107 cm³/mol. The summed E-state index contributed by atoms with van der Waals surface area (Å²) in [7, 11) is -3.63. The number of nitrogens with zero attached hydrogens (tertiary/aromatic N) is 2. The molecule has 1 unspecified atom stereocenters. The second-order valence-corrected chi connectivity index (χ2v) is 9.93. The van der Waals surface area contributed by atoms with E-state index in [1.165, 1.54) is 35.3 Å². The van der Waals surface area contributed by atoms with Gasteiger partial charge in [0.05, 0.1) is 21.0 Å². The number of rotatable bonds is 5. The van der Waals surface area contributed by atoms with Crippen LogP contribution < -0.4 is 5.32 Å². The lowest BCUT2D eigenvalue weighted by atomic mass is 10.2. The Kier molecular flexibility index (Phi) is 6.69. The van der Waals surface area contributed by atoms with Crippen LogP contribution in [-0.2, 0) is 14.8 Å². The zero-order valence-corrected chi connectivity index (χ0v) is 17.7. The Bertz CT molecular complexity index is 789. The molecule has 1 saturated heterocycles. The highest BCUT2D eigenvalue weighted by molar-refractivity contribution is 7.89. The van der Waals surface area contributed by atoms with Crippen molar-refractivity contribution in [3.8, 4) is 0 Å². The van der Waals surface area contributed by atoms with Gasteiger partial charge in [0.15, 0.2) is 0 Å². The van der Waals surface area contributed by atoms with Gasteiger partial charge in [-0.25, -0.2) is 8.42 Å². The van der Waals surface area contributed by atoms with E-state index in [1.54, 1.807) is 0 Å². The highest BCUT2D eigenvalue weighted by atomic mass is 35.5. The summed E-state index contributed by atoms with van der Waals surface area (Å²) in [4.78, 5) is 14.6. The maximum Gasteiger partial charge on any atom is 0.243 e. The van der Waals surface area contributed by atoms with Gasteiger partial charge in [0.25, 0.3) is 0 Å². The summed E-state index contributed by atoms with van der Waals surface area (Å²) in [5.74, 6) is 0.0303. The quantitative estimate of drug-likeness (QED) is 0.774. The lowest BCUT2D eigenvalue weighted by Crippen LogP contribution is -2.55. The van der Waals surface area contributed by atoms with Gasteiger partial charge in [-0.3, -0.25) is 9.69 Å². The summed E-state index contributed by atoms with van der Waals surface area (Å²) in [5.41, 5.74) is 0. The Morgan fingerprint density at radius 3 is 2.33 bits per heavy atom. The molecular formula is C18H25Cl2N3O3S. The molecule has 1 heterocycles. The number of halogens is 2. The van der Waals surface area contributed by atoms with Gasteiger partial charge < -0.3 is 5.32 Å². The van der Waals surface area contributed by atoms with Crippen LogP contribution >= 0.6 is 23.2 Å². The topological polar surface area (TPSA) is 69.7 Å². The molecule has 1 aliphatic heterocycles. The number of amides is 1. The largest absolute Gasteiger partial charge is 0.352 e. The predicted octanol–water partition coefficient (Wildman–Crippen LogP) is 2.75. The van der Waals surface area contributed by atoms with Crippen LogP contribution in [-0.4, -0.2) is 61.8 Å². The molecule has 3 rings (SSSR count). The molecule has 1 saturated carbocycles. The molecule has 6 nitrogen and oxygen atoms in total. The molecule has 2 fully saturated rings. The van der Waals surface area contributed by atoms with Crippen LogP contribution in [0.25, 0.3) is 0 Å². The van der Waals surface area contributed by atoms with E-state index in [-0.39, 0.29) is 27.9 Å². The van der Waals surface area contributed by atoms with Gasteiger partial charge in [-0.05, 0) is 38.0 Å². The van der Waals surface area contributed by atoms with Crippen molar-refractivity contribution in [3.05, 3.63) is 28.2 Å². The van der Waals surface area contributed by atoms with Gasteiger partial charge in [-0.2, -0.15) is 4.31 Å². The third kappa shape index (κ3) is 4.77. The molecule has 1 aliphatic carbocycles. The number of piperazine rings is 1. The van der Waals surface area contributed by atoms with Crippen LogP contribution in [0.1, 0.15) is 32.6 Å². The lowest BCUT2D eigenvalue weighted by Gasteiger charge is -2.37. The molecule has 9 heteroatoms. The molecule has 1 aromatic rings. The average Bonchev–Trinajstić information content (AvgIpc) is 3.16. The summed E-state index contributed by atoms with van der Waals surface area (Å²) < 4.78 is 27.1. The van der Waals surface area contributed by atoms with Crippen LogP contribution in [0.4, 0.5) is 0 Å². The first kappa shape index (κ1) is 20.9. The van der Waals surface area contributed by atoms with Gasteiger partial charge in [-0.15, -0.1) is 0 Å². The molecule has 1 N–H and O–H groups in total. The Balaban J connectivity index is 1.58. The van der Waals surface area contributed by atoms with Crippen LogP contribution in [0.15, 0.2) is 23.1 Å². The number of hydrogen-bond acceptors (Lipinski definition) is 4. The van der Waals surface area contributed by atoms with Gasteiger partial charge in [0, 0.05) is 32.2 Å². The van der Waals surface area contributed by atoms with Crippen molar-refractivity contribution in [2.24, 2.45) is 0 Å². The first-order valence-corrected chi connectivity index (χ1v) is 11.5. The van der Waals surface area contributed by atoms with Crippen LogP contribution in [0.3, 0.4) is 0 Å². The Labute approximate surface area is 170 Å². The number of benzene rings is 1. The number of hydrogen-bond donors (Lipinski definition) is 1. The first-order valence-electron chi connectivity index (χ1n) is 9.28. The van der Waals surface area contributed by atoms with E-state index >= 15 is 0 Å². The van der Waals surface area contributed by atoms with Crippen LogP contribution in [0.5, 0.6) is 0 Å². The molecule has 1 aromatic carbocycles. The fourth-order valence-corrected chi connectivity index (χ4v) is 5.49. The van der Waals surface area contributed by atoms with Crippen molar-refractivity contribution in [3.63, 3.8) is 0 Å². The van der Waals surface area contributed by atoms with Gasteiger partial charge in [-0.1, -0.05) is 36.0 Å². The summed E-state index contributed by atoms with van der Waals surface area (Å²) in [6, 6.07) is 4.36. The number of carbonyl (C=O) groups is 1. The molecule has 1 atom stereocenters. The summed E-state index contributed by atoms with van der Waals surface area (Å²) >= 11 is 11.8. The van der Waals surface area contributed by atoms with Gasteiger partial charge in [0.2, 0.25) is 15.9 Å². The molecule has 1 amide bonds. The number of nitrogens with one attached hydrogen (secondary N) is 1. The lowest BCUT2D eigenvalue weighted by molar-refractivity contribution is -0.127. The van der Waals surface area contributed by atoms with Gasteiger partial charge >= 0.3 is 0 Å². The number of carbonyl (C=O) groups excluding carboxylic acids is 1. The van der Waals surface area contributed by atoms with E-state index in [4.69, 9.17) is 23.2 Å². The summed E-state index contributed by atoms with van der Waals surface area (Å²) in [6.07, 6.45) is 4.44. The van der Waals surface area contributed by atoms with Crippen molar-refractivity contribution >= 4 is 39.1 Å². The maximum absolute atomic E-state index is 12.8. The fourth-order valence-electron chi connectivity index (χ4n) is 3.68. The highest BCUT2D eigenvalue weighted by Gasteiger charge is 2.32. The second kappa shape index (κ2) is 8.66. The van der Waals surface area contributed by atoms with E-state index in [1.807, 2.05) is 11.8 Å². The Morgan fingerprint density at radius 1 is 1.11 bits per heavy atom. The van der Waals surface area contributed by atoms with Crippen molar-refractivity contribution < 1.29 is 13.2 Å². The third-order valence-corrected chi connectivity index (χ3v) is 8.06. The van der Waals surface area contributed by atoms with E-state index in [0.717, 1.165) is 12.8 Å². The van der Waals surface area contributed by atoms with E-state index in [9.17, 15) is 13.2 Å². The van der Waals surface area contributed by atoms with Crippen molar-refractivity contribution in [2.45, 2.75) is 49.6 Å². The normalized spacial score (nSPS) is 21.3. The second-order valence-electron chi connectivity index (χ2n) is 7.18. The molecule has 150 valence electrons. The zero-order chi connectivity index (χ0) is 19.6. The maximum atomic E-state index is 12.8. The standard InChI is InChI=1S/C18H25Cl2N3O3S/c1-13(18(24)21-14-4-2-3-5-14)22-8-10-23(11-9-22)27(25,26)15-6-7-16(19)17(20)12-15/h6-7,12-14H,2-5,8-11H2,1H3,(H,21,24). The third-order valence-electron chi connectivity index (χ3n) is 5.43. The van der Waals surface area contributed by atoms with E-state index in [0.29, 0.717) is 31.2 Å². The van der Waals surface area contributed by atoms with Crippen molar-refractivity contribution in [2.75, 3.05) is 26.2 Å². The summed E-state index contributed by atoms with van der Waals surface area (Å²) in [5, 5.41) is 3.65. The molecule has 0 bridgehead atoms. The Hall–Kier alpha value is -0.860. The van der Waals surface area contributed by atoms with Crippen molar-refractivity contribution in [1.29, 1.82) is 0 Å². The van der Waals surface area contributed by atoms with Gasteiger partial charge in [0.1, 0.15) is 0 Å². The summed E-state index contributed by atoms with van der Waals surface area (Å²) in [6.45, 7) is 3.58. The minimum absolute atomic E-state index is 0.0303. The van der Waals surface area contributed by atoms with Crippen LogP contribution in [0, 0.1) is 0 Å². The molecule has 27 heavy (non-hydrogen) atoms. The zero-order valence-electron chi connectivity index (χ0n) is 15.3.